The van der Waals surface area contributed by atoms with Crippen LogP contribution in [0.1, 0.15) is 37.6 Å². The second-order valence-corrected chi connectivity index (χ2v) is 4.01. The lowest BCUT2D eigenvalue weighted by atomic mass is 9.94. The first-order valence-electron chi connectivity index (χ1n) is 4.88. The van der Waals surface area contributed by atoms with Gasteiger partial charge in [-0.1, -0.05) is 12.8 Å². The lowest BCUT2D eigenvalue weighted by Crippen LogP contribution is -2.34. The highest BCUT2D eigenvalue weighted by atomic mass is 16.3. The van der Waals surface area contributed by atoms with Crippen molar-refractivity contribution in [3.05, 3.63) is 12.2 Å². The number of hydrogen-bond donors (Lipinski definition) is 2. The average molecular weight is 197 g/mol. The summed E-state index contributed by atoms with van der Waals surface area (Å²) in [6.45, 7) is 0. The lowest BCUT2D eigenvalue weighted by molar-refractivity contribution is -0.0770. The molecule has 78 valence electrons. The van der Waals surface area contributed by atoms with E-state index in [4.69, 9.17) is 0 Å². The first kappa shape index (κ1) is 9.61. The second-order valence-electron chi connectivity index (χ2n) is 4.01. The molecule has 0 aliphatic heterocycles. The van der Waals surface area contributed by atoms with Crippen molar-refractivity contribution in [1.29, 1.82) is 0 Å². The Hall–Kier alpha value is -0.940. The van der Waals surface area contributed by atoms with Gasteiger partial charge in [-0.3, -0.25) is 0 Å². The van der Waals surface area contributed by atoms with Crippen molar-refractivity contribution in [3.63, 3.8) is 0 Å². The van der Waals surface area contributed by atoms with Crippen LogP contribution in [0.2, 0.25) is 0 Å². The quantitative estimate of drug-likeness (QED) is 0.708. The predicted octanol–water partition coefficient (Wildman–Crippen LogP) is 0.154. The maximum Gasteiger partial charge on any atom is 0.164 e. The van der Waals surface area contributed by atoms with E-state index in [-0.39, 0.29) is 0 Å². The Kier molecular flexibility index (Phi) is 2.28. The molecule has 1 aliphatic rings. The van der Waals surface area contributed by atoms with Gasteiger partial charge in [0.05, 0.1) is 5.60 Å². The third-order valence-corrected chi connectivity index (χ3v) is 2.97. The molecule has 2 N–H and O–H groups in total. The smallest absolute Gasteiger partial charge is 0.164 e. The van der Waals surface area contributed by atoms with Crippen molar-refractivity contribution in [2.45, 2.75) is 37.4 Å². The van der Waals surface area contributed by atoms with E-state index in [1.54, 1.807) is 11.6 Å². The van der Waals surface area contributed by atoms with Gasteiger partial charge in [0.15, 0.2) is 5.82 Å². The Morgan fingerprint density at radius 3 is 2.64 bits per heavy atom. The van der Waals surface area contributed by atoms with Gasteiger partial charge in [0.25, 0.3) is 0 Å². The van der Waals surface area contributed by atoms with E-state index in [2.05, 4.69) is 10.2 Å². The number of aliphatic hydroxyl groups is 2. The van der Waals surface area contributed by atoms with Crippen molar-refractivity contribution < 1.29 is 10.2 Å². The maximum absolute atomic E-state index is 10.1. The van der Waals surface area contributed by atoms with Crippen LogP contribution in [-0.2, 0) is 7.05 Å². The molecular weight excluding hydrogens is 182 g/mol. The summed E-state index contributed by atoms with van der Waals surface area (Å²) in [6, 6.07) is 0. The van der Waals surface area contributed by atoms with E-state index >= 15 is 0 Å². The molecular formula is C9H15N3O2. The SMILES string of the molecule is Cn1cnnc1C(O)C1(O)CCCC1. The van der Waals surface area contributed by atoms with Crippen LogP contribution < -0.4 is 0 Å². The fourth-order valence-corrected chi connectivity index (χ4v) is 2.04. The van der Waals surface area contributed by atoms with Crippen molar-refractivity contribution >= 4 is 0 Å². The summed E-state index contributed by atoms with van der Waals surface area (Å²) in [4.78, 5) is 0. The number of aromatic nitrogens is 3. The highest BCUT2D eigenvalue weighted by Gasteiger charge is 2.41. The third kappa shape index (κ3) is 1.42. The van der Waals surface area contributed by atoms with Crippen LogP contribution in [0.25, 0.3) is 0 Å². The second kappa shape index (κ2) is 3.33. The van der Waals surface area contributed by atoms with Crippen LogP contribution in [0.15, 0.2) is 6.33 Å². The number of rotatable bonds is 2. The first-order chi connectivity index (χ1) is 6.63. The molecule has 1 aliphatic carbocycles. The summed E-state index contributed by atoms with van der Waals surface area (Å²) in [5.41, 5.74) is -0.999. The highest BCUT2D eigenvalue weighted by molar-refractivity contribution is 5.02. The molecule has 1 heterocycles. The van der Waals surface area contributed by atoms with E-state index in [0.29, 0.717) is 18.7 Å². The molecule has 1 fully saturated rings. The molecule has 0 radical (unpaired) electrons. The van der Waals surface area contributed by atoms with Crippen LogP contribution in [0.5, 0.6) is 0 Å². The minimum atomic E-state index is -0.999. The van der Waals surface area contributed by atoms with Crippen LogP contribution in [0.4, 0.5) is 0 Å². The van der Waals surface area contributed by atoms with Gasteiger partial charge in [0.1, 0.15) is 12.4 Å². The van der Waals surface area contributed by atoms with Gasteiger partial charge in [-0.15, -0.1) is 10.2 Å². The van der Waals surface area contributed by atoms with Crippen molar-refractivity contribution in [2.24, 2.45) is 7.05 Å². The topological polar surface area (TPSA) is 71.2 Å². The molecule has 0 bridgehead atoms. The van der Waals surface area contributed by atoms with Gasteiger partial charge in [0, 0.05) is 7.05 Å². The fraction of sp³-hybridized carbons (Fsp3) is 0.778. The monoisotopic (exact) mass is 197 g/mol. The lowest BCUT2D eigenvalue weighted by Gasteiger charge is -2.27. The van der Waals surface area contributed by atoms with Crippen LogP contribution in [-0.4, -0.2) is 30.6 Å². The summed E-state index contributed by atoms with van der Waals surface area (Å²) in [7, 11) is 1.76. The summed E-state index contributed by atoms with van der Waals surface area (Å²) < 4.78 is 1.64. The van der Waals surface area contributed by atoms with Crippen molar-refractivity contribution in [3.8, 4) is 0 Å². The maximum atomic E-state index is 10.1. The minimum absolute atomic E-state index is 0.439. The Bertz CT molecular complexity index is 318. The average Bonchev–Trinajstić information content (AvgIpc) is 2.74. The molecule has 0 amide bonds. The molecule has 1 saturated carbocycles. The van der Waals surface area contributed by atoms with E-state index in [1.165, 1.54) is 6.33 Å². The van der Waals surface area contributed by atoms with Crippen molar-refractivity contribution in [1.82, 2.24) is 14.8 Å². The van der Waals surface area contributed by atoms with Crippen LogP contribution >= 0.6 is 0 Å². The van der Waals surface area contributed by atoms with Gasteiger partial charge in [0.2, 0.25) is 0 Å². The summed E-state index contributed by atoms with van der Waals surface area (Å²) in [5.74, 6) is 0.439. The summed E-state index contributed by atoms with van der Waals surface area (Å²) in [5, 5.41) is 27.6. The molecule has 1 atom stereocenters. The minimum Gasteiger partial charge on any atom is -0.387 e. The number of hydrogen-bond acceptors (Lipinski definition) is 4. The van der Waals surface area contributed by atoms with E-state index < -0.39 is 11.7 Å². The molecule has 0 aromatic carbocycles. The molecule has 2 rings (SSSR count). The highest BCUT2D eigenvalue weighted by Crippen LogP contribution is 2.38. The number of aliphatic hydroxyl groups excluding tert-OH is 1. The largest absolute Gasteiger partial charge is 0.387 e. The zero-order valence-electron chi connectivity index (χ0n) is 8.22. The van der Waals surface area contributed by atoms with Crippen LogP contribution in [0.3, 0.4) is 0 Å². The van der Waals surface area contributed by atoms with E-state index in [1.807, 2.05) is 0 Å². The molecule has 0 saturated heterocycles. The van der Waals surface area contributed by atoms with Crippen molar-refractivity contribution in [2.75, 3.05) is 0 Å². The number of aryl methyl sites for hydroxylation is 1. The van der Waals surface area contributed by atoms with Gasteiger partial charge < -0.3 is 14.8 Å². The van der Waals surface area contributed by atoms with E-state index in [9.17, 15) is 10.2 Å². The Balaban J connectivity index is 2.23. The van der Waals surface area contributed by atoms with Gasteiger partial charge in [-0.05, 0) is 12.8 Å². The molecule has 1 aromatic heterocycles. The third-order valence-electron chi connectivity index (χ3n) is 2.97. The van der Waals surface area contributed by atoms with Gasteiger partial charge in [-0.2, -0.15) is 0 Å². The zero-order valence-corrected chi connectivity index (χ0v) is 8.22. The first-order valence-corrected chi connectivity index (χ1v) is 4.88. The van der Waals surface area contributed by atoms with Gasteiger partial charge in [-0.25, -0.2) is 0 Å². The molecule has 1 aromatic rings. The Morgan fingerprint density at radius 2 is 2.14 bits per heavy atom. The predicted molar refractivity (Wildman–Crippen MR) is 49.4 cm³/mol. The fourth-order valence-electron chi connectivity index (χ4n) is 2.04. The van der Waals surface area contributed by atoms with Crippen LogP contribution in [0, 0.1) is 0 Å². The molecule has 1 unspecified atom stereocenters. The summed E-state index contributed by atoms with van der Waals surface area (Å²) >= 11 is 0. The molecule has 14 heavy (non-hydrogen) atoms. The molecule has 0 spiro atoms. The van der Waals surface area contributed by atoms with Gasteiger partial charge >= 0.3 is 0 Å². The standard InChI is InChI=1S/C9H15N3O2/c1-12-6-10-11-8(12)7(13)9(14)4-2-3-5-9/h6-7,13-14H,2-5H2,1H3. The molecule has 5 heteroatoms. The molecule has 5 nitrogen and oxygen atoms in total. The Morgan fingerprint density at radius 1 is 1.50 bits per heavy atom. The summed E-state index contributed by atoms with van der Waals surface area (Å²) in [6.07, 6.45) is 3.81. The normalized spacial score (nSPS) is 22.5. The van der Waals surface area contributed by atoms with E-state index in [0.717, 1.165) is 12.8 Å². The Labute approximate surface area is 82.4 Å². The number of nitrogens with zero attached hydrogens (tertiary/aromatic N) is 3. The zero-order chi connectivity index (χ0) is 10.2.